The van der Waals surface area contributed by atoms with Gasteiger partial charge in [-0.1, -0.05) is 38.5 Å². The van der Waals surface area contributed by atoms with Crippen molar-refractivity contribution in [2.45, 2.75) is 58.4 Å². The van der Waals surface area contributed by atoms with Gasteiger partial charge in [0.25, 0.3) is 0 Å². The van der Waals surface area contributed by atoms with Gasteiger partial charge in [0.1, 0.15) is 0 Å². The Morgan fingerprint density at radius 2 is 1.67 bits per heavy atom. The smallest absolute Gasteiger partial charge is 0.317 e. The fourth-order valence-corrected chi connectivity index (χ4v) is 3.89. The van der Waals surface area contributed by atoms with Gasteiger partial charge in [0, 0.05) is 30.2 Å². The number of carbonyl (C=O) groups is 2. The number of nitrogens with one attached hydrogen (secondary N) is 1. The molecule has 0 atom stereocenters. The van der Waals surface area contributed by atoms with Crippen LogP contribution < -0.4 is 11.1 Å². The van der Waals surface area contributed by atoms with Crippen molar-refractivity contribution in [2.24, 2.45) is 5.73 Å². The molecule has 0 radical (unpaired) electrons. The van der Waals surface area contributed by atoms with E-state index in [-0.39, 0.29) is 37.7 Å². The molecule has 9 heteroatoms. The summed E-state index contributed by atoms with van der Waals surface area (Å²) in [7, 11) is 0. The largest absolute Gasteiger partial charge is 0.480 e. The van der Waals surface area contributed by atoms with Crippen LogP contribution in [0.3, 0.4) is 0 Å². The molecule has 186 valence electrons. The van der Waals surface area contributed by atoms with Crippen molar-refractivity contribution >= 4 is 29.7 Å². The number of benzene rings is 1. The summed E-state index contributed by atoms with van der Waals surface area (Å²) in [5, 5.41) is 12.0. The molecular formula is C24H39FN4O3S. The van der Waals surface area contributed by atoms with Gasteiger partial charge in [0.15, 0.2) is 0 Å². The Kier molecular flexibility index (Phi) is 13.8. The van der Waals surface area contributed by atoms with Crippen LogP contribution in [0, 0.1) is 0 Å². The zero-order chi connectivity index (χ0) is 24.8. The molecule has 4 N–H and O–H groups in total. The highest BCUT2D eigenvalue weighted by molar-refractivity contribution is 7.94. The normalized spacial score (nSPS) is 12.2. The van der Waals surface area contributed by atoms with Crippen molar-refractivity contribution in [3.8, 4) is 0 Å². The molecule has 1 aromatic rings. The van der Waals surface area contributed by atoms with E-state index in [1.54, 1.807) is 12.1 Å². The van der Waals surface area contributed by atoms with Crippen LogP contribution in [0.4, 0.5) is 3.89 Å². The first-order valence-corrected chi connectivity index (χ1v) is 12.3. The van der Waals surface area contributed by atoms with Gasteiger partial charge in [0.05, 0.1) is 25.2 Å². The number of carboxylic acid groups (broad SMARTS) is 1. The first kappa shape index (κ1) is 28.9. The van der Waals surface area contributed by atoms with E-state index >= 15 is 0 Å². The Labute approximate surface area is 201 Å². The Morgan fingerprint density at radius 3 is 2.18 bits per heavy atom. The van der Waals surface area contributed by atoms with Gasteiger partial charge in [-0.25, -0.2) is 0 Å². The van der Waals surface area contributed by atoms with E-state index in [1.165, 1.54) is 0 Å². The molecule has 0 saturated carbocycles. The topological polar surface area (TPSA) is 98.9 Å². The highest BCUT2D eigenvalue weighted by Crippen LogP contribution is 2.27. The third-order valence-electron chi connectivity index (χ3n) is 5.47. The van der Waals surface area contributed by atoms with Crippen molar-refractivity contribution in [3.05, 3.63) is 34.9 Å². The molecule has 0 fully saturated rings. The van der Waals surface area contributed by atoms with Crippen molar-refractivity contribution in [1.29, 1.82) is 0 Å². The minimum absolute atomic E-state index is 0.00282. The number of nitrogens with two attached hydrogens (primary N) is 1. The second-order valence-electron chi connectivity index (χ2n) is 8.17. The molecule has 0 unspecified atom stereocenters. The molecule has 0 aliphatic carbocycles. The van der Waals surface area contributed by atoms with Crippen molar-refractivity contribution in [1.82, 2.24) is 15.1 Å². The fraction of sp³-hybridized carbons (Fsp3) is 0.583. The first-order valence-electron chi connectivity index (χ1n) is 11.6. The van der Waals surface area contributed by atoms with Gasteiger partial charge in [-0.3, -0.25) is 19.4 Å². The number of carbonyl (C=O) groups excluding carboxylic acids is 1. The van der Waals surface area contributed by atoms with E-state index < -0.39 is 5.97 Å². The van der Waals surface area contributed by atoms with Crippen molar-refractivity contribution in [3.63, 3.8) is 0 Å². The standard InChI is InChI=1S/C24H39FN4O3S/c1-5-10-28(12-13-29(11-6-2)17-23(31)32)16-22(30)27-15-20-9-8-19(14-21(20)33-25)24(26)18(4)7-3/h8-9,14H,5-7,10-13,15-17,26H2,1-4H3,(H,27,30)(H,31,32)/b24-18+. The maximum absolute atomic E-state index is 13.6. The Bertz CT molecular complexity index is 804. The van der Waals surface area contributed by atoms with Gasteiger partial charge in [-0.15, -0.1) is 0 Å². The van der Waals surface area contributed by atoms with Crippen molar-refractivity contribution < 1.29 is 18.6 Å². The average Bonchev–Trinajstić information content (AvgIpc) is 2.79. The number of allylic oxidation sites excluding steroid dienone is 1. The number of hydrogen-bond acceptors (Lipinski definition) is 6. The van der Waals surface area contributed by atoms with Crippen LogP contribution in [0.25, 0.3) is 5.70 Å². The van der Waals surface area contributed by atoms with Gasteiger partial charge in [0.2, 0.25) is 5.91 Å². The molecule has 33 heavy (non-hydrogen) atoms. The zero-order valence-corrected chi connectivity index (χ0v) is 21.1. The van der Waals surface area contributed by atoms with Gasteiger partial charge < -0.3 is 16.2 Å². The lowest BCUT2D eigenvalue weighted by Gasteiger charge is -2.26. The maximum Gasteiger partial charge on any atom is 0.317 e. The van der Waals surface area contributed by atoms with Gasteiger partial charge in [-0.05, 0) is 56.5 Å². The lowest BCUT2D eigenvalue weighted by Crippen LogP contribution is -2.42. The molecule has 1 amide bonds. The fourth-order valence-electron chi connectivity index (χ4n) is 3.48. The quantitative estimate of drug-likeness (QED) is 0.329. The average molecular weight is 483 g/mol. The number of carboxylic acids is 1. The minimum atomic E-state index is -0.849. The molecule has 1 rings (SSSR count). The summed E-state index contributed by atoms with van der Waals surface area (Å²) in [5.41, 5.74) is 9.32. The number of halogens is 1. The van der Waals surface area contributed by atoms with Crippen LogP contribution in [0.15, 0.2) is 28.7 Å². The highest BCUT2D eigenvalue weighted by atomic mass is 32.2. The summed E-state index contributed by atoms with van der Waals surface area (Å²) < 4.78 is 13.6. The number of aliphatic carboxylic acids is 1. The summed E-state index contributed by atoms with van der Waals surface area (Å²) in [4.78, 5) is 28.0. The Balaban J connectivity index is 2.72. The zero-order valence-electron chi connectivity index (χ0n) is 20.3. The number of hydrogen-bond donors (Lipinski definition) is 3. The number of amides is 1. The first-order chi connectivity index (χ1) is 15.7. The molecule has 0 bridgehead atoms. The van der Waals surface area contributed by atoms with Gasteiger partial charge in [-0.2, -0.15) is 3.89 Å². The molecular weight excluding hydrogens is 443 g/mol. The van der Waals surface area contributed by atoms with Crippen LogP contribution in [0.1, 0.15) is 58.1 Å². The predicted octanol–water partition coefficient (Wildman–Crippen LogP) is 3.89. The summed E-state index contributed by atoms with van der Waals surface area (Å²) in [6, 6.07) is 5.37. The molecule has 0 aliphatic heterocycles. The van der Waals surface area contributed by atoms with Crippen LogP contribution in [-0.4, -0.2) is 66.1 Å². The number of nitrogens with zero attached hydrogens (tertiary/aromatic N) is 2. The summed E-state index contributed by atoms with van der Waals surface area (Å²) in [5.74, 6) is -0.998. The van der Waals surface area contributed by atoms with E-state index in [4.69, 9.17) is 10.8 Å². The predicted molar refractivity (Wildman–Crippen MR) is 133 cm³/mol. The summed E-state index contributed by atoms with van der Waals surface area (Å²) in [6.07, 6.45) is 2.58. The van der Waals surface area contributed by atoms with Gasteiger partial charge >= 0.3 is 5.97 Å². The van der Waals surface area contributed by atoms with Crippen molar-refractivity contribution in [2.75, 3.05) is 39.3 Å². The lowest BCUT2D eigenvalue weighted by molar-refractivity contribution is -0.138. The Morgan fingerprint density at radius 1 is 1.06 bits per heavy atom. The monoisotopic (exact) mass is 482 g/mol. The summed E-state index contributed by atoms with van der Waals surface area (Å²) in [6.45, 7) is 11.1. The maximum atomic E-state index is 13.6. The minimum Gasteiger partial charge on any atom is -0.480 e. The molecule has 0 spiro atoms. The van der Waals surface area contributed by atoms with Crippen LogP contribution >= 0.6 is 12.1 Å². The molecule has 0 aliphatic rings. The molecule has 0 saturated heterocycles. The Hall–Kier alpha value is -2.10. The highest BCUT2D eigenvalue weighted by Gasteiger charge is 2.15. The van der Waals surface area contributed by atoms with E-state index in [0.29, 0.717) is 35.8 Å². The molecule has 0 aromatic heterocycles. The van der Waals surface area contributed by atoms with E-state index in [2.05, 4.69) is 5.32 Å². The van der Waals surface area contributed by atoms with E-state index in [9.17, 15) is 13.5 Å². The van der Waals surface area contributed by atoms with Crippen LogP contribution in [0.5, 0.6) is 0 Å². The number of rotatable bonds is 16. The third-order valence-corrected chi connectivity index (χ3v) is 6.01. The lowest BCUT2D eigenvalue weighted by atomic mass is 10.0. The molecule has 0 heterocycles. The van der Waals surface area contributed by atoms with E-state index in [0.717, 1.165) is 36.9 Å². The summed E-state index contributed by atoms with van der Waals surface area (Å²) >= 11 is 0.147. The SMILES string of the molecule is CCCN(CCN(CCC)CC(=O)NCc1ccc(/C(N)=C(/C)CC)cc1SF)CC(=O)O. The van der Waals surface area contributed by atoms with E-state index in [1.807, 2.05) is 43.6 Å². The molecule has 7 nitrogen and oxygen atoms in total. The second kappa shape index (κ2) is 15.7. The third kappa shape index (κ3) is 10.6. The van der Waals surface area contributed by atoms with Crippen LogP contribution in [0.2, 0.25) is 0 Å². The molecule has 1 aromatic carbocycles. The second-order valence-corrected chi connectivity index (χ2v) is 8.76. The van der Waals surface area contributed by atoms with Crippen LogP contribution in [-0.2, 0) is 16.1 Å².